The molecule has 0 fully saturated rings. The molecule has 0 amide bonds. The average Bonchev–Trinajstić information content (AvgIpc) is 2.68. The smallest absolute Gasteiger partial charge is 0.0480 e. The molecule has 0 saturated carbocycles. The number of hydrogen-bond donors (Lipinski definition) is 2. The summed E-state index contributed by atoms with van der Waals surface area (Å²) < 4.78 is 2.62. The first-order valence-electron chi connectivity index (χ1n) is 5.12. The van der Waals surface area contributed by atoms with Gasteiger partial charge in [0.2, 0.25) is 0 Å². The predicted molar refractivity (Wildman–Crippen MR) is 76.1 cm³/mol. The lowest BCUT2D eigenvalue weighted by molar-refractivity contribution is 1.45. The van der Waals surface area contributed by atoms with Crippen molar-refractivity contribution in [2.45, 2.75) is 4.90 Å². The highest BCUT2D eigenvalue weighted by molar-refractivity contribution is 7.80. The Hall–Kier alpha value is -1.19. The quantitative estimate of drug-likeness (QED) is 0.606. The zero-order valence-corrected chi connectivity index (χ0v) is 10.5. The zero-order chi connectivity index (χ0) is 11.1. The van der Waals surface area contributed by atoms with Crippen LogP contribution < -0.4 is 5.32 Å². The number of hydrogen-bond acceptors (Lipinski definition) is 3. The van der Waals surface area contributed by atoms with Crippen LogP contribution in [-0.4, -0.2) is 7.05 Å². The summed E-state index contributed by atoms with van der Waals surface area (Å²) in [6, 6.07) is 12.7. The molecule has 0 spiro atoms. The Bertz CT molecular complexity index is 670. The Kier molecular flexibility index (Phi) is 2.30. The van der Waals surface area contributed by atoms with Crippen molar-refractivity contribution in [3.8, 4) is 0 Å². The van der Waals surface area contributed by atoms with Crippen LogP contribution in [0, 0.1) is 0 Å². The summed E-state index contributed by atoms with van der Waals surface area (Å²) in [7, 11) is 1.93. The number of thiol groups is 1. The summed E-state index contributed by atoms with van der Waals surface area (Å²) in [5, 5.41) is 5.73. The Morgan fingerprint density at radius 3 is 2.69 bits per heavy atom. The first-order chi connectivity index (χ1) is 7.81. The maximum absolute atomic E-state index is 4.63. The summed E-state index contributed by atoms with van der Waals surface area (Å²) in [5.74, 6) is 0. The van der Waals surface area contributed by atoms with Crippen LogP contribution in [0.3, 0.4) is 0 Å². The summed E-state index contributed by atoms with van der Waals surface area (Å²) in [4.78, 5) is 1.04. The van der Waals surface area contributed by atoms with E-state index in [2.05, 4.69) is 54.3 Å². The lowest BCUT2D eigenvalue weighted by Crippen LogP contribution is -1.88. The monoisotopic (exact) mass is 245 g/mol. The van der Waals surface area contributed by atoms with E-state index in [-0.39, 0.29) is 0 Å². The molecular formula is C13H11NS2. The van der Waals surface area contributed by atoms with Crippen molar-refractivity contribution in [2.75, 3.05) is 12.4 Å². The highest BCUT2D eigenvalue weighted by Crippen LogP contribution is 2.39. The molecular weight excluding hydrogens is 234 g/mol. The number of thiophene rings is 1. The van der Waals surface area contributed by atoms with E-state index in [0.29, 0.717) is 0 Å². The standard InChI is InChI=1S/C13H11NS2/c1-14-9-6-7-11-12(13(9)15)8-4-2-3-5-10(8)16-11/h2-7,14-15H,1H3. The van der Waals surface area contributed by atoms with E-state index >= 15 is 0 Å². The SMILES string of the molecule is CNc1ccc2sc3ccccc3c2c1S. The average molecular weight is 245 g/mol. The summed E-state index contributed by atoms with van der Waals surface area (Å²) in [6.45, 7) is 0. The highest BCUT2D eigenvalue weighted by Gasteiger charge is 2.09. The third-order valence-electron chi connectivity index (χ3n) is 2.79. The second kappa shape index (κ2) is 3.68. The fraction of sp³-hybridized carbons (Fsp3) is 0.0769. The van der Waals surface area contributed by atoms with E-state index < -0.39 is 0 Å². The third kappa shape index (κ3) is 1.32. The molecule has 0 aliphatic carbocycles. The van der Waals surface area contributed by atoms with Crippen molar-refractivity contribution in [1.82, 2.24) is 0 Å². The molecule has 0 radical (unpaired) electrons. The van der Waals surface area contributed by atoms with Gasteiger partial charge in [-0.2, -0.15) is 0 Å². The first-order valence-corrected chi connectivity index (χ1v) is 6.38. The van der Waals surface area contributed by atoms with E-state index in [0.717, 1.165) is 10.6 Å². The van der Waals surface area contributed by atoms with Crippen molar-refractivity contribution in [3.63, 3.8) is 0 Å². The minimum Gasteiger partial charge on any atom is -0.387 e. The molecule has 3 aromatic rings. The van der Waals surface area contributed by atoms with Gasteiger partial charge in [0.15, 0.2) is 0 Å². The number of rotatable bonds is 1. The van der Waals surface area contributed by atoms with Gasteiger partial charge in [0.25, 0.3) is 0 Å². The van der Waals surface area contributed by atoms with Gasteiger partial charge in [-0.05, 0) is 18.2 Å². The molecule has 16 heavy (non-hydrogen) atoms. The van der Waals surface area contributed by atoms with Gasteiger partial charge in [-0.3, -0.25) is 0 Å². The van der Waals surface area contributed by atoms with Crippen molar-refractivity contribution >= 4 is 49.8 Å². The van der Waals surface area contributed by atoms with E-state index in [1.165, 1.54) is 20.2 Å². The van der Waals surface area contributed by atoms with Gasteiger partial charge in [0.1, 0.15) is 0 Å². The van der Waals surface area contributed by atoms with Gasteiger partial charge in [0, 0.05) is 37.8 Å². The van der Waals surface area contributed by atoms with Crippen molar-refractivity contribution in [3.05, 3.63) is 36.4 Å². The van der Waals surface area contributed by atoms with Crippen molar-refractivity contribution < 1.29 is 0 Å². The van der Waals surface area contributed by atoms with Crippen LogP contribution >= 0.6 is 24.0 Å². The summed E-state index contributed by atoms with van der Waals surface area (Å²) >= 11 is 6.45. The van der Waals surface area contributed by atoms with Gasteiger partial charge in [-0.1, -0.05) is 18.2 Å². The van der Waals surface area contributed by atoms with Crippen molar-refractivity contribution in [1.29, 1.82) is 0 Å². The van der Waals surface area contributed by atoms with Crippen molar-refractivity contribution in [2.24, 2.45) is 0 Å². The molecule has 1 aromatic heterocycles. The maximum atomic E-state index is 4.63. The Labute approximate surface area is 104 Å². The molecule has 3 rings (SSSR count). The predicted octanol–water partition coefficient (Wildman–Crippen LogP) is 4.38. The molecule has 0 aliphatic heterocycles. The summed E-state index contributed by atoms with van der Waals surface area (Å²) in [6.07, 6.45) is 0. The molecule has 0 saturated heterocycles. The van der Waals surface area contributed by atoms with Gasteiger partial charge in [-0.15, -0.1) is 24.0 Å². The largest absolute Gasteiger partial charge is 0.387 e. The molecule has 3 heteroatoms. The maximum Gasteiger partial charge on any atom is 0.0480 e. The first kappa shape index (κ1) is 10.00. The molecule has 80 valence electrons. The summed E-state index contributed by atoms with van der Waals surface area (Å²) in [5.41, 5.74) is 1.08. The third-order valence-corrected chi connectivity index (χ3v) is 4.39. The van der Waals surface area contributed by atoms with Crippen LogP contribution in [0.15, 0.2) is 41.3 Å². The van der Waals surface area contributed by atoms with E-state index in [9.17, 15) is 0 Å². The minimum atomic E-state index is 1.04. The van der Waals surface area contributed by atoms with Crippen LogP contribution in [0.1, 0.15) is 0 Å². The van der Waals surface area contributed by atoms with Crippen LogP contribution in [0.5, 0.6) is 0 Å². The zero-order valence-electron chi connectivity index (χ0n) is 8.82. The van der Waals surface area contributed by atoms with Crippen LogP contribution in [0.2, 0.25) is 0 Å². The molecule has 0 atom stereocenters. The van der Waals surface area contributed by atoms with Gasteiger partial charge in [-0.25, -0.2) is 0 Å². The van der Waals surface area contributed by atoms with Gasteiger partial charge < -0.3 is 5.32 Å². The van der Waals surface area contributed by atoms with E-state index in [4.69, 9.17) is 0 Å². The lowest BCUT2D eigenvalue weighted by atomic mass is 10.1. The van der Waals surface area contributed by atoms with Crippen LogP contribution in [-0.2, 0) is 0 Å². The Balaban J connectivity index is 2.53. The Morgan fingerprint density at radius 1 is 1.06 bits per heavy atom. The highest BCUT2D eigenvalue weighted by atomic mass is 32.1. The molecule has 0 bridgehead atoms. The molecule has 1 N–H and O–H groups in total. The molecule has 1 heterocycles. The van der Waals surface area contributed by atoms with E-state index in [1.807, 2.05) is 18.4 Å². The van der Waals surface area contributed by atoms with Gasteiger partial charge in [0.05, 0.1) is 0 Å². The van der Waals surface area contributed by atoms with E-state index in [1.54, 1.807) is 0 Å². The normalized spacial score (nSPS) is 11.1. The minimum absolute atomic E-state index is 1.04. The number of nitrogens with one attached hydrogen (secondary N) is 1. The fourth-order valence-electron chi connectivity index (χ4n) is 2.00. The molecule has 2 aromatic carbocycles. The molecule has 0 unspecified atom stereocenters. The van der Waals surface area contributed by atoms with Gasteiger partial charge >= 0.3 is 0 Å². The fourth-order valence-corrected chi connectivity index (χ4v) is 3.62. The topological polar surface area (TPSA) is 12.0 Å². The molecule has 0 aliphatic rings. The number of fused-ring (bicyclic) bond motifs is 3. The molecule has 1 nitrogen and oxygen atoms in total. The number of anilines is 1. The number of benzene rings is 2. The second-order valence-corrected chi connectivity index (χ2v) is 5.21. The second-order valence-electron chi connectivity index (χ2n) is 3.68. The van der Waals surface area contributed by atoms with Crippen LogP contribution in [0.4, 0.5) is 5.69 Å². The van der Waals surface area contributed by atoms with Crippen LogP contribution in [0.25, 0.3) is 20.2 Å². The lowest BCUT2D eigenvalue weighted by Gasteiger charge is -2.05. The Morgan fingerprint density at radius 2 is 1.88 bits per heavy atom.